The van der Waals surface area contributed by atoms with Gasteiger partial charge < -0.3 is 9.88 Å². The molecule has 0 aliphatic heterocycles. The highest BCUT2D eigenvalue weighted by Gasteiger charge is 2.13. The van der Waals surface area contributed by atoms with Crippen LogP contribution in [0.2, 0.25) is 5.02 Å². The minimum atomic E-state index is 0.272. The summed E-state index contributed by atoms with van der Waals surface area (Å²) in [5.41, 5.74) is 1.24. The Morgan fingerprint density at radius 1 is 1.33 bits per heavy atom. The molecule has 1 N–H and O–H groups in total. The summed E-state index contributed by atoms with van der Waals surface area (Å²) in [4.78, 5) is 4.38. The summed E-state index contributed by atoms with van der Waals surface area (Å²) in [5.74, 6) is 1.08. The zero-order chi connectivity index (χ0) is 13.0. The van der Waals surface area contributed by atoms with Crippen molar-refractivity contribution in [1.82, 2.24) is 14.9 Å². The van der Waals surface area contributed by atoms with Gasteiger partial charge >= 0.3 is 0 Å². The predicted molar refractivity (Wildman–Crippen MR) is 74.8 cm³/mol. The smallest absolute Gasteiger partial charge is 0.110 e. The number of benzene rings is 1. The van der Waals surface area contributed by atoms with Crippen LogP contribution in [0.3, 0.4) is 0 Å². The van der Waals surface area contributed by atoms with Gasteiger partial charge in [-0.25, -0.2) is 4.98 Å². The van der Waals surface area contributed by atoms with E-state index in [-0.39, 0.29) is 6.04 Å². The first kappa shape index (κ1) is 13.1. The zero-order valence-electron chi connectivity index (χ0n) is 10.7. The molecule has 4 heteroatoms. The van der Waals surface area contributed by atoms with E-state index in [4.69, 9.17) is 11.6 Å². The van der Waals surface area contributed by atoms with Crippen molar-refractivity contribution in [2.45, 2.75) is 19.4 Å². The lowest BCUT2D eigenvalue weighted by atomic mass is 10.0. The van der Waals surface area contributed by atoms with Gasteiger partial charge in [0, 0.05) is 36.9 Å². The highest BCUT2D eigenvalue weighted by atomic mass is 35.5. The molecule has 1 unspecified atom stereocenters. The molecule has 0 fully saturated rings. The van der Waals surface area contributed by atoms with E-state index in [1.54, 1.807) is 0 Å². The standard InChI is InChI=1S/C14H18ClN3/c1-3-16-13(10-14-17-8-9-18(14)2)11-4-6-12(15)7-5-11/h4-9,13,16H,3,10H2,1-2H3. The number of likely N-dealkylation sites (N-methyl/N-ethyl adjacent to an activating group) is 1. The van der Waals surface area contributed by atoms with E-state index in [0.717, 1.165) is 23.8 Å². The average molecular weight is 264 g/mol. The second kappa shape index (κ2) is 6.03. The number of halogens is 1. The van der Waals surface area contributed by atoms with Gasteiger partial charge in [0.15, 0.2) is 0 Å². The summed E-state index contributed by atoms with van der Waals surface area (Å²) < 4.78 is 2.06. The monoisotopic (exact) mass is 263 g/mol. The minimum absolute atomic E-state index is 0.272. The van der Waals surface area contributed by atoms with E-state index in [1.165, 1.54) is 5.56 Å². The zero-order valence-corrected chi connectivity index (χ0v) is 11.5. The van der Waals surface area contributed by atoms with E-state index in [0.29, 0.717) is 0 Å². The summed E-state index contributed by atoms with van der Waals surface area (Å²) in [7, 11) is 2.02. The van der Waals surface area contributed by atoms with Gasteiger partial charge in [-0.15, -0.1) is 0 Å². The molecule has 2 aromatic rings. The molecule has 0 spiro atoms. The SMILES string of the molecule is CCNC(Cc1nccn1C)c1ccc(Cl)cc1. The van der Waals surface area contributed by atoms with Crippen LogP contribution >= 0.6 is 11.6 Å². The number of hydrogen-bond acceptors (Lipinski definition) is 2. The summed E-state index contributed by atoms with van der Waals surface area (Å²) in [5, 5.41) is 4.26. The predicted octanol–water partition coefficient (Wildman–Crippen LogP) is 2.97. The summed E-state index contributed by atoms with van der Waals surface area (Å²) in [6, 6.07) is 8.27. The van der Waals surface area contributed by atoms with Gasteiger partial charge in [0.2, 0.25) is 0 Å². The van der Waals surface area contributed by atoms with Gasteiger partial charge in [0.05, 0.1) is 0 Å². The Kier molecular flexibility index (Phi) is 4.39. The van der Waals surface area contributed by atoms with Crippen LogP contribution in [0.15, 0.2) is 36.7 Å². The molecular weight excluding hydrogens is 246 g/mol. The van der Waals surface area contributed by atoms with Crippen molar-refractivity contribution in [1.29, 1.82) is 0 Å². The molecule has 0 amide bonds. The molecule has 0 bridgehead atoms. The Balaban J connectivity index is 2.18. The number of hydrogen-bond donors (Lipinski definition) is 1. The normalized spacial score (nSPS) is 12.6. The second-order valence-corrected chi connectivity index (χ2v) is 4.76. The highest BCUT2D eigenvalue weighted by molar-refractivity contribution is 6.30. The third-order valence-corrected chi connectivity index (χ3v) is 3.28. The van der Waals surface area contributed by atoms with E-state index >= 15 is 0 Å². The molecule has 0 aliphatic carbocycles. The number of aryl methyl sites for hydroxylation is 1. The molecule has 2 rings (SSSR count). The Labute approximate surface area is 113 Å². The molecule has 0 radical (unpaired) electrons. The van der Waals surface area contributed by atoms with Crippen molar-refractivity contribution in [2.75, 3.05) is 6.54 Å². The Morgan fingerprint density at radius 3 is 2.61 bits per heavy atom. The third kappa shape index (κ3) is 3.12. The van der Waals surface area contributed by atoms with Crippen LogP contribution in [0.25, 0.3) is 0 Å². The Bertz CT molecular complexity index is 490. The lowest BCUT2D eigenvalue weighted by molar-refractivity contribution is 0.529. The largest absolute Gasteiger partial charge is 0.338 e. The highest BCUT2D eigenvalue weighted by Crippen LogP contribution is 2.19. The first-order valence-corrected chi connectivity index (χ1v) is 6.53. The van der Waals surface area contributed by atoms with E-state index < -0.39 is 0 Å². The molecule has 1 aromatic heterocycles. The minimum Gasteiger partial charge on any atom is -0.338 e. The number of rotatable bonds is 5. The van der Waals surface area contributed by atoms with Crippen LogP contribution in [0.1, 0.15) is 24.4 Å². The number of nitrogens with zero attached hydrogens (tertiary/aromatic N) is 2. The van der Waals surface area contributed by atoms with Gasteiger partial charge in [-0.2, -0.15) is 0 Å². The molecular formula is C14H18ClN3. The van der Waals surface area contributed by atoms with Gasteiger partial charge in [0.25, 0.3) is 0 Å². The molecule has 3 nitrogen and oxygen atoms in total. The van der Waals surface area contributed by atoms with Crippen LogP contribution in [0, 0.1) is 0 Å². The molecule has 0 saturated carbocycles. The fraction of sp³-hybridized carbons (Fsp3) is 0.357. The van der Waals surface area contributed by atoms with Gasteiger partial charge in [-0.1, -0.05) is 30.7 Å². The topological polar surface area (TPSA) is 29.9 Å². The first-order chi connectivity index (χ1) is 8.70. The second-order valence-electron chi connectivity index (χ2n) is 4.32. The molecule has 1 heterocycles. The molecule has 18 heavy (non-hydrogen) atoms. The molecule has 0 aliphatic rings. The van der Waals surface area contributed by atoms with E-state index in [1.807, 2.05) is 31.6 Å². The Morgan fingerprint density at radius 2 is 2.06 bits per heavy atom. The van der Waals surface area contributed by atoms with Crippen molar-refractivity contribution in [2.24, 2.45) is 7.05 Å². The van der Waals surface area contributed by atoms with Crippen LogP contribution in [-0.2, 0) is 13.5 Å². The maximum atomic E-state index is 5.92. The summed E-state index contributed by atoms with van der Waals surface area (Å²) in [6.45, 7) is 3.04. The Hall–Kier alpha value is -1.32. The number of nitrogens with one attached hydrogen (secondary N) is 1. The van der Waals surface area contributed by atoms with Crippen molar-refractivity contribution in [3.63, 3.8) is 0 Å². The fourth-order valence-corrected chi connectivity index (χ4v) is 2.15. The van der Waals surface area contributed by atoms with Crippen molar-refractivity contribution < 1.29 is 0 Å². The molecule has 96 valence electrons. The lowest BCUT2D eigenvalue weighted by Crippen LogP contribution is -2.24. The van der Waals surface area contributed by atoms with Crippen LogP contribution < -0.4 is 5.32 Å². The third-order valence-electron chi connectivity index (χ3n) is 3.03. The fourth-order valence-electron chi connectivity index (χ4n) is 2.03. The van der Waals surface area contributed by atoms with Gasteiger partial charge in [-0.05, 0) is 24.2 Å². The summed E-state index contributed by atoms with van der Waals surface area (Å²) >= 11 is 5.92. The van der Waals surface area contributed by atoms with Crippen molar-refractivity contribution in [3.05, 3.63) is 53.1 Å². The molecule has 1 atom stereocenters. The number of aromatic nitrogens is 2. The first-order valence-electron chi connectivity index (χ1n) is 6.15. The lowest BCUT2D eigenvalue weighted by Gasteiger charge is -2.18. The van der Waals surface area contributed by atoms with Crippen LogP contribution in [0.4, 0.5) is 0 Å². The quantitative estimate of drug-likeness (QED) is 0.899. The number of imidazole rings is 1. The van der Waals surface area contributed by atoms with Crippen LogP contribution in [-0.4, -0.2) is 16.1 Å². The van der Waals surface area contributed by atoms with Crippen LogP contribution in [0.5, 0.6) is 0 Å². The van der Waals surface area contributed by atoms with Crippen molar-refractivity contribution in [3.8, 4) is 0 Å². The van der Waals surface area contributed by atoms with Gasteiger partial charge in [-0.3, -0.25) is 0 Å². The molecule has 0 saturated heterocycles. The van der Waals surface area contributed by atoms with E-state index in [9.17, 15) is 0 Å². The van der Waals surface area contributed by atoms with Crippen molar-refractivity contribution >= 4 is 11.6 Å². The maximum Gasteiger partial charge on any atom is 0.110 e. The van der Waals surface area contributed by atoms with Gasteiger partial charge in [0.1, 0.15) is 5.82 Å². The average Bonchev–Trinajstić information content (AvgIpc) is 2.76. The maximum absolute atomic E-state index is 5.92. The summed E-state index contributed by atoms with van der Waals surface area (Å²) in [6.07, 6.45) is 4.68. The van der Waals surface area contributed by atoms with E-state index in [2.05, 4.69) is 33.9 Å². The molecule has 1 aromatic carbocycles.